The minimum absolute atomic E-state index is 0.0808. The number of hydrogen-bond donors (Lipinski definition) is 1. The largest absolute Gasteiger partial charge is 0.387 e. The molecule has 110 valence electrons. The molecule has 1 aromatic rings. The van der Waals surface area contributed by atoms with Crippen molar-refractivity contribution in [3.8, 4) is 0 Å². The van der Waals surface area contributed by atoms with E-state index < -0.39 is 0 Å². The quantitative estimate of drug-likeness (QED) is 0.772. The Morgan fingerprint density at radius 2 is 1.85 bits per heavy atom. The Bertz CT molecular complexity index is 533. The van der Waals surface area contributed by atoms with E-state index in [1.54, 1.807) is 11.3 Å². The van der Waals surface area contributed by atoms with Crippen LogP contribution in [0.5, 0.6) is 0 Å². The van der Waals surface area contributed by atoms with Gasteiger partial charge in [0.25, 0.3) is 0 Å². The molecule has 0 amide bonds. The summed E-state index contributed by atoms with van der Waals surface area (Å²) in [5.41, 5.74) is 0.967. The second-order valence-electron chi connectivity index (χ2n) is 8.53. The molecule has 3 atom stereocenters. The first kappa shape index (κ1) is 13.6. The molecule has 4 aliphatic rings. The molecule has 4 aliphatic carbocycles. The van der Waals surface area contributed by atoms with Gasteiger partial charge in [-0.05, 0) is 66.7 Å². The van der Waals surface area contributed by atoms with Gasteiger partial charge in [0.2, 0.25) is 0 Å². The Labute approximate surface area is 130 Å². The highest BCUT2D eigenvalue weighted by Gasteiger charge is 2.62. The fourth-order valence-corrected chi connectivity index (χ4v) is 7.90. The third kappa shape index (κ3) is 1.84. The highest BCUT2D eigenvalue weighted by atomic mass is 35.5. The van der Waals surface area contributed by atoms with Crippen LogP contribution in [0.2, 0.25) is 5.02 Å². The van der Waals surface area contributed by atoms with Gasteiger partial charge in [-0.3, -0.25) is 0 Å². The summed E-state index contributed by atoms with van der Waals surface area (Å²) in [4.78, 5) is 1.00. The molecule has 0 spiro atoms. The molecule has 20 heavy (non-hydrogen) atoms. The molecule has 3 unspecified atom stereocenters. The number of rotatable bonds is 2. The van der Waals surface area contributed by atoms with Crippen molar-refractivity contribution < 1.29 is 5.11 Å². The normalized spacial score (nSPS) is 47.7. The molecule has 0 aliphatic heterocycles. The average Bonchev–Trinajstić information content (AvgIpc) is 2.69. The zero-order chi connectivity index (χ0) is 14.2. The van der Waals surface area contributed by atoms with Gasteiger partial charge in [-0.15, -0.1) is 11.3 Å². The molecule has 1 nitrogen and oxygen atoms in total. The Morgan fingerprint density at radius 3 is 2.35 bits per heavy atom. The van der Waals surface area contributed by atoms with Crippen LogP contribution >= 0.6 is 22.9 Å². The minimum Gasteiger partial charge on any atom is -0.387 e. The van der Waals surface area contributed by atoms with E-state index >= 15 is 0 Å². The molecule has 3 heteroatoms. The fraction of sp³-hybridized carbons (Fsp3) is 0.765. The van der Waals surface area contributed by atoms with Gasteiger partial charge >= 0.3 is 0 Å². The fourth-order valence-electron chi connectivity index (χ4n) is 6.62. The van der Waals surface area contributed by atoms with Gasteiger partial charge in [-0.2, -0.15) is 0 Å². The molecular formula is C17H23ClOS. The van der Waals surface area contributed by atoms with Crippen molar-refractivity contribution >= 4 is 22.9 Å². The molecule has 4 bridgehead atoms. The lowest BCUT2D eigenvalue weighted by Crippen LogP contribution is -2.56. The van der Waals surface area contributed by atoms with E-state index in [0.29, 0.717) is 10.8 Å². The van der Waals surface area contributed by atoms with Crippen LogP contribution in [-0.2, 0) is 0 Å². The van der Waals surface area contributed by atoms with Gasteiger partial charge in [0.15, 0.2) is 0 Å². The van der Waals surface area contributed by atoms with Crippen LogP contribution in [0.25, 0.3) is 0 Å². The Kier molecular flexibility index (Phi) is 2.74. The SMILES string of the molecule is CC12CC3CC(C)(C1)CC(C(O)c1sccc1Cl)(C3)C2. The smallest absolute Gasteiger partial charge is 0.0953 e. The topological polar surface area (TPSA) is 20.2 Å². The molecule has 0 aromatic carbocycles. The summed E-state index contributed by atoms with van der Waals surface area (Å²) >= 11 is 7.92. The van der Waals surface area contributed by atoms with Crippen molar-refractivity contribution in [2.24, 2.45) is 22.2 Å². The maximum absolute atomic E-state index is 11.1. The van der Waals surface area contributed by atoms with Crippen LogP contribution in [0.1, 0.15) is 63.4 Å². The van der Waals surface area contributed by atoms with Crippen molar-refractivity contribution in [2.75, 3.05) is 0 Å². The lowest BCUT2D eigenvalue weighted by molar-refractivity contribution is -0.186. The van der Waals surface area contributed by atoms with Crippen molar-refractivity contribution in [1.29, 1.82) is 0 Å². The molecule has 1 heterocycles. The summed E-state index contributed by atoms with van der Waals surface area (Å²) in [7, 11) is 0. The number of thiophene rings is 1. The van der Waals surface area contributed by atoms with E-state index in [2.05, 4.69) is 13.8 Å². The number of halogens is 1. The molecule has 0 saturated heterocycles. The molecule has 0 radical (unpaired) electrons. The zero-order valence-corrected chi connectivity index (χ0v) is 13.9. The van der Waals surface area contributed by atoms with Gasteiger partial charge in [0.1, 0.15) is 0 Å². The molecule has 1 aromatic heterocycles. The Balaban J connectivity index is 1.75. The summed E-state index contributed by atoms with van der Waals surface area (Å²) in [6.07, 6.45) is 7.29. The lowest BCUT2D eigenvalue weighted by atomic mass is 9.39. The summed E-state index contributed by atoms with van der Waals surface area (Å²) in [6.45, 7) is 4.90. The number of aliphatic hydroxyl groups is 1. The maximum atomic E-state index is 11.1. The van der Waals surface area contributed by atoms with E-state index in [9.17, 15) is 5.11 Å². The minimum atomic E-state index is -0.364. The Hall–Kier alpha value is -0.0500. The van der Waals surface area contributed by atoms with Crippen LogP contribution in [-0.4, -0.2) is 5.11 Å². The molecule has 4 saturated carbocycles. The van der Waals surface area contributed by atoms with Gasteiger partial charge < -0.3 is 5.11 Å². The maximum Gasteiger partial charge on any atom is 0.0953 e. The first-order valence-electron chi connectivity index (χ1n) is 7.74. The van der Waals surface area contributed by atoms with Gasteiger partial charge in [0.05, 0.1) is 16.0 Å². The molecule has 1 N–H and O–H groups in total. The molecular weight excluding hydrogens is 288 g/mol. The van der Waals surface area contributed by atoms with E-state index in [1.165, 1.54) is 38.5 Å². The summed E-state index contributed by atoms with van der Waals surface area (Å²) in [5, 5.41) is 13.9. The van der Waals surface area contributed by atoms with E-state index in [-0.39, 0.29) is 11.5 Å². The Morgan fingerprint density at radius 1 is 1.20 bits per heavy atom. The third-order valence-corrected chi connectivity index (χ3v) is 7.55. The highest BCUT2D eigenvalue weighted by Crippen LogP contribution is 2.72. The highest BCUT2D eigenvalue weighted by molar-refractivity contribution is 7.10. The van der Waals surface area contributed by atoms with E-state index in [0.717, 1.165) is 15.8 Å². The van der Waals surface area contributed by atoms with Gasteiger partial charge in [-0.1, -0.05) is 25.4 Å². The van der Waals surface area contributed by atoms with Crippen LogP contribution < -0.4 is 0 Å². The lowest BCUT2D eigenvalue weighted by Gasteiger charge is -2.66. The standard InChI is InChI=1S/C17H23ClOS/c1-15-5-11-6-16(2,8-15)10-17(7-11,9-15)14(19)13-12(18)3-4-20-13/h3-4,11,14,19H,5-10H2,1-2H3. The predicted molar refractivity (Wildman–Crippen MR) is 84.1 cm³/mol. The predicted octanol–water partition coefficient (Wildman–Crippen LogP) is 5.43. The summed E-state index contributed by atoms with van der Waals surface area (Å²) in [6, 6.07) is 1.93. The summed E-state index contributed by atoms with van der Waals surface area (Å²) < 4.78 is 0. The molecule has 4 fully saturated rings. The first-order valence-corrected chi connectivity index (χ1v) is 9.00. The van der Waals surface area contributed by atoms with Crippen molar-refractivity contribution in [2.45, 2.75) is 58.5 Å². The van der Waals surface area contributed by atoms with Crippen LogP contribution in [0.3, 0.4) is 0 Å². The van der Waals surface area contributed by atoms with E-state index in [4.69, 9.17) is 11.6 Å². The number of aliphatic hydroxyl groups excluding tert-OH is 1. The second-order valence-corrected chi connectivity index (χ2v) is 9.88. The van der Waals surface area contributed by atoms with Gasteiger partial charge in [0, 0.05) is 5.41 Å². The van der Waals surface area contributed by atoms with Gasteiger partial charge in [-0.25, -0.2) is 0 Å². The zero-order valence-electron chi connectivity index (χ0n) is 12.3. The van der Waals surface area contributed by atoms with E-state index in [1.807, 2.05) is 11.4 Å². The summed E-state index contributed by atoms with van der Waals surface area (Å²) in [5.74, 6) is 0.814. The van der Waals surface area contributed by atoms with Crippen molar-refractivity contribution in [3.05, 3.63) is 21.3 Å². The number of hydrogen-bond acceptors (Lipinski definition) is 2. The third-order valence-electron chi connectivity index (χ3n) is 6.14. The van der Waals surface area contributed by atoms with Crippen LogP contribution in [0, 0.1) is 22.2 Å². The van der Waals surface area contributed by atoms with Crippen molar-refractivity contribution in [3.63, 3.8) is 0 Å². The van der Waals surface area contributed by atoms with Crippen LogP contribution in [0.4, 0.5) is 0 Å². The monoisotopic (exact) mass is 310 g/mol. The second kappa shape index (κ2) is 4.02. The average molecular weight is 311 g/mol. The van der Waals surface area contributed by atoms with Crippen molar-refractivity contribution in [1.82, 2.24) is 0 Å². The molecule has 5 rings (SSSR count). The first-order chi connectivity index (χ1) is 9.33. The van der Waals surface area contributed by atoms with Crippen LogP contribution in [0.15, 0.2) is 11.4 Å².